The Morgan fingerprint density at radius 3 is 2.40 bits per heavy atom. The van der Waals surface area contributed by atoms with Gasteiger partial charge in [-0.1, -0.05) is 71.2 Å². The Morgan fingerprint density at radius 1 is 1.12 bits per heavy atom. The highest BCUT2D eigenvalue weighted by atomic mass is 35.6. The number of amides is 1. The normalized spacial score (nSPS) is 12.3. The monoisotopic (exact) mass is 401 g/mol. The Balaban J connectivity index is 2.10. The van der Waals surface area contributed by atoms with Crippen molar-refractivity contribution >= 4 is 52.1 Å². The molecule has 0 saturated heterocycles. The largest absolute Gasteiger partial charge is 0.362 e. The number of rotatable bonds is 6. The smallest absolute Gasteiger partial charge is 0.271 e. The van der Waals surface area contributed by atoms with Crippen LogP contribution in [-0.4, -0.2) is 20.8 Å². The third kappa shape index (κ3) is 6.08. The van der Waals surface area contributed by atoms with Gasteiger partial charge in [0.1, 0.15) is 6.17 Å². The van der Waals surface area contributed by atoms with Crippen LogP contribution in [0.3, 0.4) is 0 Å². The highest BCUT2D eigenvalue weighted by molar-refractivity contribution is 6.68. The van der Waals surface area contributed by atoms with E-state index in [4.69, 9.17) is 34.8 Å². The lowest BCUT2D eigenvalue weighted by molar-refractivity contribution is -0.384. The average molecular weight is 403 g/mol. The molecule has 0 radical (unpaired) electrons. The first kappa shape index (κ1) is 19.3. The molecule has 2 aromatic rings. The standard InChI is InChI=1S/C16H14Cl3N3O3/c17-16(18,19)15(20-12-7-4-8-13(10-12)22(24)25)21-14(23)9-11-5-2-1-3-6-11/h1-8,10,15,20H,9H2,(H,21,23). The van der Waals surface area contributed by atoms with Crippen LogP contribution in [0.2, 0.25) is 0 Å². The second-order valence-electron chi connectivity index (χ2n) is 5.16. The Morgan fingerprint density at radius 2 is 1.80 bits per heavy atom. The maximum atomic E-state index is 12.2. The number of nitro benzene ring substituents is 1. The molecule has 1 amide bonds. The molecule has 0 spiro atoms. The van der Waals surface area contributed by atoms with Crippen molar-refractivity contribution in [3.8, 4) is 0 Å². The number of halogens is 3. The summed E-state index contributed by atoms with van der Waals surface area (Å²) in [6.07, 6.45) is -0.968. The van der Waals surface area contributed by atoms with Crippen LogP contribution >= 0.6 is 34.8 Å². The Labute approximate surface area is 159 Å². The molecule has 0 aromatic heterocycles. The molecule has 0 saturated carbocycles. The zero-order chi connectivity index (χ0) is 18.4. The molecular weight excluding hydrogens is 389 g/mol. The fourth-order valence-corrected chi connectivity index (χ4v) is 2.40. The Bertz CT molecular complexity index is 751. The maximum Gasteiger partial charge on any atom is 0.271 e. The van der Waals surface area contributed by atoms with Gasteiger partial charge in [0.05, 0.1) is 11.3 Å². The van der Waals surface area contributed by atoms with Gasteiger partial charge in [0.2, 0.25) is 9.70 Å². The van der Waals surface area contributed by atoms with Gasteiger partial charge in [-0.15, -0.1) is 0 Å². The average Bonchev–Trinajstić information content (AvgIpc) is 2.54. The van der Waals surface area contributed by atoms with E-state index in [1.54, 1.807) is 18.2 Å². The molecule has 2 aromatic carbocycles. The first-order chi connectivity index (χ1) is 11.8. The number of alkyl halides is 3. The molecule has 25 heavy (non-hydrogen) atoms. The molecular formula is C16H14Cl3N3O3. The van der Waals surface area contributed by atoms with Crippen LogP contribution in [0.15, 0.2) is 54.6 Å². The number of nitro groups is 1. The van der Waals surface area contributed by atoms with Gasteiger partial charge in [0.25, 0.3) is 5.69 Å². The number of anilines is 1. The molecule has 1 atom stereocenters. The van der Waals surface area contributed by atoms with Gasteiger partial charge in [-0.05, 0) is 11.6 Å². The fraction of sp³-hybridized carbons (Fsp3) is 0.188. The van der Waals surface area contributed by atoms with Crippen molar-refractivity contribution < 1.29 is 9.72 Å². The van der Waals surface area contributed by atoms with Gasteiger partial charge in [-0.25, -0.2) is 0 Å². The molecule has 6 nitrogen and oxygen atoms in total. The van der Waals surface area contributed by atoms with Gasteiger partial charge < -0.3 is 10.6 Å². The summed E-state index contributed by atoms with van der Waals surface area (Å²) in [5, 5.41) is 16.2. The van der Waals surface area contributed by atoms with Gasteiger partial charge in [-0.2, -0.15) is 0 Å². The predicted octanol–water partition coefficient (Wildman–Crippen LogP) is 4.06. The Kier molecular flexibility index (Phi) is 6.47. The summed E-state index contributed by atoms with van der Waals surface area (Å²) in [4.78, 5) is 22.5. The maximum absolute atomic E-state index is 12.2. The third-order valence-corrected chi connectivity index (χ3v) is 3.86. The third-order valence-electron chi connectivity index (χ3n) is 3.21. The van der Waals surface area contributed by atoms with Gasteiger partial charge in [0.15, 0.2) is 0 Å². The molecule has 0 bridgehead atoms. The van der Waals surface area contributed by atoms with E-state index >= 15 is 0 Å². The fourth-order valence-electron chi connectivity index (χ4n) is 2.07. The lowest BCUT2D eigenvalue weighted by Crippen LogP contribution is -2.49. The number of nitrogens with zero attached hydrogens (tertiary/aromatic N) is 1. The molecule has 0 aliphatic carbocycles. The molecule has 9 heteroatoms. The number of non-ortho nitro benzene ring substituents is 1. The highest BCUT2D eigenvalue weighted by Gasteiger charge is 2.34. The zero-order valence-corrected chi connectivity index (χ0v) is 15.1. The summed E-state index contributed by atoms with van der Waals surface area (Å²) in [5.74, 6) is -0.361. The lowest BCUT2D eigenvalue weighted by Gasteiger charge is -2.27. The summed E-state index contributed by atoms with van der Waals surface area (Å²) < 4.78 is -1.86. The minimum absolute atomic E-state index is 0.106. The molecule has 2 N–H and O–H groups in total. The quantitative estimate of drug-likeness (QED) is 0.330. The SMILES string of the molecule is O=C(Cc1ccccc1)NC(Nc1cccc([N+](=O)[O-])c1)C(Cl)(Cl)Cl. The second kappa shape index (κ2) is 8.38. The van der Waals surface area contributed by atoms with Crippen molar-refractivity contribution in [2.75, 3.05) is 5.32 Å². The minimum Gasteiger partial charge on any atom is -0.362 e. The summed E-state index contributed by atoms with van der Waals surface area (Å²) in [6, 6.07) is 14.8. The molecule has 132 valence electrons. The minimum atomic E-state index is -1.86. The van der Waals surface area contributed by atoms with E-state index in [1.807, 2.05) is 18.2 Å². The van der Waals surface area contributed by atoms with Crippen LogP contribution in [0.25, 0.3) is 0 Å². The van der Waals surface area contributed by atoms with Crippen molar-refractivity contribution in [1.82, 2.24) is 5.32 Å². The molecule has 0 heterocycles. The summed E-state index contributed by atoms with van der Waals surface area (Å²) in [6.45, 7) is 0. The van der Waals surface area contributed by atoms with Crippen molar-refractivity contribution in [3.05, 3.63) is 70.3 Å². The van der Waals surface area contributed by atoms with E-state index in [-0.39, 0.29) is 18.0 Å². The van der Waals surface area contributed by atoms with E-state index in [2.05, 4.69) is 10.6 Å². The first-order valence-electron chi connectivity index (χ1n) is 7.17. The lowest BCUT2D eigenvalue weighted by atomic mass is 10.1. The van der Waals surface area contributed by atoms with Crippen molar-refractivity contribution in [1.29, 1.82) is 0 Å². The topological polar surface area (TPSA) is 84.3 Å². The number of carbonyl (C=O) groups excluding carboxylic acids is 1. The molecule has 1 unspecified atom stereocenters. The van der Waals surface area contributed by atoms with Crippen molar-refractivity contribution in [2.45, 2.75) is 16.4 Å². The second-order valence-corrected chi connectivity index (χ2v) is 7.53. The highest BCUT2D eigenvalue weighted by Crippen LogP contribution is 2.31. The zero-order valence-electron chi connectivity index (χ0n) is 12.8. The van der Waals surface area contributed by atoms with Crippen LogP contribution in [0, 0.1) is 10.1 Å². The van der Waals surface area contributed by atoms with Crippen LogP contribution in [-0.2, 0) is 11.2 Å². The van der Waals surface area contributed by atoms with Crippen LogP contribution in [0.1, 0.15) is 5.56 Å². The van der Waals surface area contributed by atoms with Crippen molar-refractivity contribution in [2.24, 2.45) is 0 Å². The van der Waals surface area contributed by atoms with E-state index in [9.17, 15) is 14.9 Å². The summed E-state index contributed by atoms with van der Waals surface area (Å²) >= 11 is 17.8. The number of hydrogen-bond donors (Lipinski definition) is 2. The summed E-state index contributed by atoms with van der Waals surface area (Å²) in [5.41, 5.74) is 1.02. The van der Waals surface area contributed by atoms with Gasteiger partial charge >= 0.3 is 0 Å². The number of benzene rings is 2. The number of nitrogens with one attached hydrogen (secondary N) is 2. The van der Waals surface area contributed by atoms with Gasteiger partial charge in [-0.3, -0.25) is 14.9 Å². The van der Waals surface area contributed by atoms with Crippen LogP contribution in [0.5, 0.6) is 0 Å². The molecule has 0 fully saturated rings. The van der Waals surface area contributed by atoms with Crippen LogP contribution in [0.4, 0.5) is 11.4 Å². The molecule has 0 aliphatic heterocycles. The van der Waals surface area contributed by atoms with Crippen molar-refractivity contribution in [3.63, 3.8) is 0 Å². The molecule has 2 rings (SSSR count). The number of hydrogen-bond acceptors (Lipinski definition) is 4. The molecule has 0 aliphatic rings. The van der Waals surface area contributed by atoms with E-state index in [0.717, 1.165) is 5.56 Å². The summed E-state index contributed by atoms with van der Waals surface area (Å²) in [7, 11) is 0. The van der Waals surface area contributed by atoms with Gasteiger partial charge in [0, 0.05) is 17.8 Å². The predicted molar refractivity (Wildman–Crippen MR) is 99.1 cm³/mol. The Hall–Kier alpha value is -2.02. The number of carbonyl (C=O) groups is 1. The van der Waals surface area contributed by atoms with E-state index < -0.39 is 14.9 Å². The van der Waals surface area contributed by atoms with E-state index in [1.165, 1.54) is 18.2 Å². The van der Waals surface area contributed by atoms with E-state index in [0.29, 0.717) is 5.69 Å². The first-order valence-corrected chi connectivity index (χ1v) is 8.30. The van der Waals surface area contributed by atoms with Crippen LogP contribution < -0.4 is 10.6 Å².